The Balaban J connectivity index is 1.05. The van der Waals surface area contributed by atoms with E-state index in [0.717, 1.165) is 56.2 Å². The number of carbonyl (C=O) groups excluding carboxylic acids is 1. The van der Waals surface area contributed by atoms with E-state index in [-0.39, 0.29) is 24.0 Å². The number of hydrogen-bond acceptors (Lipinski definition) is 5. The van der Waals surface area contributed by atoms with Crippen LogP contribution in [0.15, 0.2) is 60.9 Å². The lowest BCUT2D eigenvalue weighted by atomic mass is 9.90. The lowest BCUT2D eigenvalue weighted by Crippen LogP contribution is -2.36. The molecule has 7 heteroatoms. The number of fused-ring (bicyclic) bond motifs is 1. The number of nitrogens with zero attached hydrogens (tertiary/aromatic N) is 3. The van der Waals surface area contributed by atoms with E-state index in [2.05, 4.69) is 38.1 Å². The largest absolute Gasteiger partial charge is 0.454 e. The van der Waals surface area contributed by atoms with Crippen molar-refractivity contribution < 1.29 is 14.3 Å². The van der Waals surface area contributed by atoms with Crippen LogP contribution >= 0.6 is 0 Å². The molecule has 3 aromatic rings. The molecular weight excluding hydrogens is 404 g/mol. The standard InChI is InChI=1S/C25H26N4O3/c30-24(27-18-6-7-21-22(14-18)32-17-31-21)20-15-25(20)8-12-28(13-9-25)16-19-4-3-11-29(19)23-5-1-2-10-26-23/h1-7,10-11,14,20H,8-9,12-13,15-17H2,(H,27,30). The predicted octanol–water partition coefficient (Wildman–Crippen LogP) is 3.84. The number of hydrogen-bond donors (Lipinski definition) is 1. The van der Waals surface area contributed by atoms with Gasteiger partial charge in [-0.15, -0.1) is 0 Å². The lowest BCUT2D eigenvalue weighted by molar-refractivity contribution is -0.118. The molecular formula is C25H26N4O3. The van der Waals surface area contributed by atoms with Gasteiger partial charge in [-0.2, -0.15) is 0 Å². The number of amides is 1. The van der Waals surface area contributed by atoms with Crippen LogP contribution in [0.25, 0.3) is 5.82 Å². The Kier molecular flexibility index (Phi) is 4.64. The fraction of sp³-hybridized carbons (Fsp3) is 0.360. The first-order valence-electron chi connectivity index (χ1n) is 11.2. The van der Waals surface area contributed by atoms with Crippen molar-refractivity contribution in [3.05, 3.63) is 66.6 Å². The molecule has 32 heavy (non-hydrogen) atoms. The number of rotatable bonds is 5. The van der Waals surface area contributed by atoms with E-state index in [1.54, 1.807) is 0 Å². The summed E-state index contributed by atoms with van der Waals surface area (Å²) in [5.74, 6) is 2.60. The molecule has 2 aliphatic heterocycles. The van der Waals surface area contributed by atoms with Gasteiger partial charge in [-0.1, -0.05) is 6.07 Å². The number of ether oxygens (including phenoxy) is 2. The minimum Gasteiger partial charge on any atom is -0.454 e. The van der Waals surface area contributed by atoms with Crippen LogP contribution in [0.1, 0.15) is 25.0 Å². The van der Waals surface area contributed by atoms with Crippen LogP contribution in [-0.4, -0.2) is 40.2 Å². The molecule has 7 nitrogen and oxygen atoms in total. The Morgan fingerprint density at radius 1 is 1.09 bits per heavy atom. The van der Waals surface area contributed by atoms with Gasteiger partial charge >= 0.3 is 0 Å². The van der Waals surface area contributed by atoms with E-state index in [1.165, 1.54) is 5.69 Å². The summed E-state index contributed by atoms with van der Waals surface area (Å²) in [4.78, 5) is 19.8. The number of nitrogens with one attached hydrogen (secondary N) is 1. The second kappa shape index (κ2) is 7.67. The van der Waals surface area contributed by atoms with Gasteiger partial charge in [0.05, 0.1) is 0 Å². The van der Waals surface area contributed by atoms with Crippen molar-refractivity contribution in [3.63, 3.8) is 0 Å². The summed E-state index contributed by atoms with van der Waals surface area (Å²) in [6.07, 6.45) is 7.01. The fourth-order valence-corrected chi connectivity index (χ4v) is 5.13. The van der Waals surface area contributed by atoms with Crippen LogP contribution in [0, 0.1) is 11.3 Å². The van der Waals surface area contributed by atoms with Crippen molar-refractivity contribution in [1.82, 2.24) is 14.5 Å². The monoisotopic (exact) mass is 430 g/mol. The second-order valence-electron chi connectivity index (χ2n) is 9.01. The minimum atomic E-state index is 0.104. The van der Waals surface area contributed by atoms with Crippen molar-refractivity contribution >= 4 is 11.6 Å². The van der Waals surface area contributed by atoms with Gasteiger partial charge in [0, 0.05) is 42.3 Å². The summed E-state index contributed by atoms with van der Waals surface area (Å²) in [6.45, 7) is 3.16. The molecule has 1 amide bonds. The van der Waals surface area contributed by atoms with E-state index in [4.69, 9.17) is 9.47 Å². The number of benzene rings is 1. The molecule has 2 fully saturated rings. The summed E-state index contributed by atoms with van der Waals surface area (Å²) >= 11 is 0. The van der Waals surface area contributed by atoms with Crippen molar-refractivity contribution in [2.45, 2.75) is 25.8 Å². The Bertz CT molecular complexity index is 1140. The first-order valence-corrected chi connectivity index (χ1v) is 11.2. The molecule has 3 aliphatic rings. The van der Waals surface area contributed by atoms with Crippen LogP contribution in [0.4, 0.5) is 5.69 Å². The van der Waals surface area contributed by atoms with Crippen LogP contribution < -0.4 is 14.8 Å². The highest BCUT2D eigenvalue weighted by atomic mass is 16.7. The Labute approximate surface area is 187 Å². The van der Waals surface area contributed by atoms with Gasteiger partial charge in [0.15, 0.2) is 11.5 Å². The summed E-state index contributed by atoms with van der Waals surface area (Å²) in [5.41, 5.74) is 2.18. The maximum Gasteiger partial charge on any atom is 0.231 e. The molecule has 1 spiro atoms. The zero-order valence-corrected chi connectivity index (χ0v) is 17.9. The summed E-state index contributed by atoms with van der Waals surface area (Å²) < 4.78 is 12.9. The molecule has 6 rings (SSSR count). The van der Waals surface area contributed by atoms with E-state index in [1.807, 2.05) is 42.6 Å². The van der Waals surface area contributed by atoms with E-state index >= 15 is 0 Å². The third-order valence-electron chi connectivity index (χ3n) is 7.11. The van der Waals surface area contributed by atoms with Crippen molar-refractivity contribution in [2.75, 3.05) is 25.2 Å². The van der Waals surface area contributed by atoms with E-state index < -0.39 is 0 Å². The number of likely N-dealkylation sites (tertiary alicyclic amines) is 1. The van der Waals surface area contributed by atoms with Crippen molar-refractivity contribution in [3.8, 4) is 17.3 Å². The third-order valence-corrected chi connectivity index (χ3v) is 7.11. The molecule has 0 radical (unpaired) electrons. The molecule has 164 valence electrons. The summed E-state index contributed by atoms with van der Waals surface area (Å²) in [5, 5.41) is 3.08. The zero-order chi connectivity index (χ0) is 21.5. The van der Waals surface area contributed by atoms with Gasteiger partial charge in [-0.3, -0.25) is 9.69 Å². The average Bonchev–Trinajstić information content (AvgIpc) is 3.15. The highest BCUT2D eigenvalue weighted by Gasteiger charge is 2.58. The topological polar surface area (TPSA) is 68.6 Å². The lowest BCUT2D eigenvalue weighted by Gasteiger charge is -2.33. The molecule has 2 aromatic heterocycles. The number of pyridine rings is 1. The van der Waals surface area contributed by atoms with Crippen LogP contribution in [-0.2, 0) is 11.3 Å². The fourth-order valence-electron chi connectivity index (χ4n) is 5.13. The maximum absolute atomic E-state index is 12.9. The van der Waals surface area contributed by atoms with Crippen molar-refractivity contribution in [2.24, 2.45) is 11.3 Å². The normalized spacial score (nSPS) is 20.9. The molecule has 0 bridgehead atoms. The molecule has 1 unspecified atom stereocenters. The summed E-state index contributed by atoms with van der Waals surface area (Å²) in [7, 11) is 0. The maximum atomic E-state index is 12.9. The van der Waals surface area contributed by atoms with E-state index in [9.17, 15) is 4.79 Å². The zero-order valence-electron chi connectivity index (χ0n) is 17.9. The first-order chi connectivity index (χ1) is 15.7. The van der Waals surface area contributed by atoms with Crippen LogP contribution in [0.5, 0.6) is 11.5 Å². The third kappa shape index (κ3) is 3.52. The Morgan fingerprint density at radius 3 is 2.81 bits per heavy atom. The highest BCUT2D eigenvalue weighted by Crippen LogP contribution is 2.59. The Hall–Kier alpha value is -3.32. The molecule has 4 heterocycles. The molecule has 1 atom stereocenters. The van der Waals surface area contributed by atoms with Gasteiger partial charge in [0.1, 0.15) is 5.82 Å². The predicted molar refractivity (Wildman–Crippen MR) is 120 cm³/mol. The molecule has 1 aliphatic carbocycles. The highest BCUT2D eigenvalue weighted by molar-refractivity contribution is 5.95. The van der Waals surface area contributed by atoms with Gasteiger partial charge in [-0.25, -0.2) is 4.98 Å². The van der Waals surface area contributed by atoms with Gasteiger partial charge in [0.25, 0.3) is 0 Å². The molecule has 1 aromatic carbocycles. The van der Waals surface area contributed by atoms with Gasteiger partial charge in [-0.05, 0) is 74.2 Å². The number of piperidine rings is 1. The molecule has 1 N–H and O–H groups in total. The van der Waals surface area contributed by atoms with Crippen LogP contribution in [0.3, 0.4) is 0 Å². The van der Waals surface area contributed by atoms with Crippen LogP contribution in [0.2, 0.25) is 0 Å². The first kappa shape index (κ1) is 19.4. The second-order valence-corrected chi connectivity index (χ2v) is 9.01. The number of aromatic nitrogens is 2. The minimum absolute atomic E-state index is 0.104. The molecule has 1 saturated heterocycles. The number of carbonyl (C=O) groups is 1. The number of anilines is 1. The van der Waals surface area contributed by atoms with Gasteiger partial charge in [0.2, 0.25) is 12.7 Å². The Morgan fingerprint density at radius 2 is 1.97 bits per heavy atom. The molecule has 1 saturated carbocycles. The average molecular weight is 431 g/mol. The van der Waals surface area contributed by atoms with E-state index in [0.29, 0.717) is 5.75 Å². The SMILES string of the molecule is O=C(Nc1ccc2c(c1)OCO2)C1CC12CCN(Cc1cccn1-c1ccccn1)CC2. The van der Waals surface area contributed by atoms with Gasteiger partial charge < -0.3 is 19.4 Å². The van der Waals surface area contributed by atoms with Crippen molar-refractivity contribution in [1.29, 1.82) is 0 Å². The quantitative estimate of drug-likeness (QED) is 0.666. The smallest absolute Gasteiger partial charge is 0.231 e. The summed E-state index contributed by atoms with van der Waals surface area (Å²) in [6, 6.07) is 15.8.